The number of rotatable bonds is 4. The quantitative estimate of drug-likeness (QED) is 0.576. The fourth-order valence-electron chi connectivity index (χ4n) is 1.43. The number of hydrogen-bond acceptors (Lipinski definition) is 2. The molecule has 0 aliphatic rings. The minimum atomic E-state index is -0.353. The van der Waals surface area contributed by atoms with Crippen molar-refractivity contribution in [2.45, 2.75) is 4.90 Å². The maximum atomic E-state index is 12.7. The van der Waals surface area contributed by atoms with Crippen molar-refractivity contribution in [1.29, 1.82) is 0 Å². The minimum Gasteiger partial charge on any atom is -0.293 e. The third-order valence-electron chi connectivity index (χ3n) is 2.43. The molecule has 19 heavy (non-hydrogen) atoms. The van der Waals surface area contributed by atoms with Gasteiger partial charge in [-0.25, -0.2) is 4.39 Å². The number of benzene rings is 2. The highest BCUT2D eigenvalue weighted by Crippen LogP contribution is 2.28. The van der Waals surface area contributed by atoms with Crippen LogP contribution in [0.1, 0.15) is 10.4 Å². The van der Waals surface area contributed by atoms with E-state index in [9.17, 15) is 9.18 Å². The topological polar surface area (TPSA) is 17.1 Å². The summed E-state index contributed by atoms with van der Waals surface area (Å²) < 4.78 is 12.7. The maximum absolute atomic E-state index is 12.7. The summed E-state index contributed by atoms with van der Waals surface area (Å²) in [4.78, 5) is 12.7. The molecule has 0 aliphatic heterocycles. The number of thioether (sulfide) groups is 1. The van der Waals surface area contributed by atoms with Crippen LogP contribution in [0.4, 0.5) is 4.39 Å². The summed E-state index contributed by atoms with van der Waals surface area (Å²) in [6.07, 6.45) is 0. The first-order chi connectivity index (χ1) is 9.06. The van der Waals surface area contributed by atoms with Crippen LogP contribution in [0.25, 0.3) is 0 Å². The summed E-state index contributed by atoms with van der Waals surface area (Å²) in [6, 6.07) is 10.7. The number of hydrogen-bond donors (Lipinski definition) is 0. The Kier molecular flexibility index (Phi) is 4.86. The van der Waals surface area contributed by atoms with Gasteiger partial charge in [0.2, 0.25) is 0 Å². The van der Waals surface area contributed by atoms with Crippen LogP contribution in [0.5, 0.6) is 0 Å². The fraction of sp³-hybridized carbons (Fsp3) is 0.0714. The summed E-state index contributed by atoms with van der Waals surface area (Å²) in [6.45, 7) is 0. The molecule has 0 aliphatic carbocycles. The molecule has 0 spiro atoms. The Labute approximate surface area is 124 Å². The average Bonchev–Trinajstić information content (AvgIpc) is 2.40. The van der Waals surface area contributed by atoms with Gasteiger partial charge in [0.15, 0.2) is 5.78 Å². The zero-order chi connectivity index (χ0) is 13.8. The van der Waals surface area contributed by atoms with Crippen molar-refractivity contribution in [2.75, 3.05) is 5.75 Å². The molecule has 2 rings (SSSR count). The third kappa shape index (κ3) is 3.96. The van der Waals surface area contributed by atoms with Crippen molar-refractivity contribution < 1.29 is 9.18 Å². The molecule has 2 aromatic rings. The van der Waals surface area contributed by atoms with Gasteiger partial charge in [0, 0.05) is 10.5 Å². The smallest absolute Gasteiger partial charge is 0.173 e. The van der Waals surface area contributed by atoms with Crippen molar-refractivity contribution in [3.8, 4) is 0 Å². The molecule has 0 aromatic heterocycles. The molecular weight excluding hydrogens is 306 g/mol. The lowest BCUT2D eigenvalue weighted by molar-refractivity contribution is 0.102. The normalized spacial score (nSPS) is 10.5. The standard InChI is InChI=1S/C14H9Cl2FOS/c15-12-6-5-11(7-13(12)16)19-8-14(18)9-1-3-10(17)4-2-9/h1-7H,8H2. The molecular formula is C14H9Cl2FOS. The molecule has 0 fully saturated rings. The van der Waals surface area contributed by atoms with E-state index < -0.39 is 0 Å². The summed E-state index contributed by atoms with van der Waals surface area (Å²) in [5.41, 5.74) is 0.494. The van der Waals surface area contributed by atoms with E-state index in [1.165, 1.54) is 36.0 Å². The number of carbonyl (C=O) groups is 1. The maximum Gasteiger partial charge on any atom is 0.173 e. The number of carbonyl (C=O) groups excluding carboxylic acids is 1. The monoisotopic (exact) mass is 314 g/mol. The largest absolute Gasteiger partial charge is 0.293 e. The van der Waals surface area contributed by atoms with Crippen molar-refractivity contribution >= 4 is 40.7 Å². The Bertz CT molecular complexity index is 599. The van der Waals surface area contributed by atoms with Crippen LogP contribution in [0.15, 0.2) is 47.4 Å². The van der Waals surface area contributed by atoms with Crippen LogP contribution in [0.3, 0.4) is 0 Å². The number of halogens is 3. The predicted octanol–water partition coefficient (Wildman–Crippen LogP) is 5.11. The third-order valence-corrected chi connectivity index (χ3v) is 4.16. The second-order valence-electron chi connectivity index (χ2n) is 3.79. The predicted molar refractivity (Wildman–Crippen MR) is 77.9 cm³/mol. The Morgan fingerprint density at radius 1 is 1.05 bits per heavy atom. The van der Waals surface area contributed by atoms with E-state index in [4.69, 9.17) is 23.2 Å². The first-order valence-electron chi connectivity index (χ1n) is 5.43. The van der Waals surface area contributed by atoms with E-state index in [1.54, 1.807) is 18.2 Å². The van der Waals surface area contributed by atoms with Gasteiger partial charge < -0.3 is 0 Å². The second kappa shape index (κ2) is 6.42. The van der Waals surface area contributed by atoms with Crippen molar-refractivity contribution in [3.05, 3.63) is 63.9 Å². The van der Waals surface area contributed by atoms with Crippen molar-refractivity contribution in [3.63, 3.8) is 0 Å². The molecule has 5 heteroatoms. The summed E-state index contributed by atoms with van der Waals surface area (Å²) in [5.74, 6) is -0.145. The van der Waals surface area contributed by atoms with Crippen molar-refractivity contribution in [2.24, 2.45) is 0 Å². The Balaban J connectivity index is 2.00. The molecule has 0 bridgehead atoms. The SMILES string of the molecule is O=C(CSc1ccc(Cl)c(Cl)c1)c1ccc(F)cc1. The number of Topliss-reactive ketones (excluding diaryl/α,β-unsaturated/α-hetero) is 1. The zero-order valence-corrected chi connectivity index (χ0v) is 12.0. The van der Waals surface area contributed by atoms with Gasteiger partial charge in [-0.05, 0) is 42.5 Å². The van der Waals surface area contributed by atoms with Crippen LogP contribution < -0.4 is 0 Å². The van der Waals surface area contributed by atoms with Gasteiger partial charge in [0.1, 0.15) is 5.82 Å². The van der Waals surface area contributed by atoms with E-state index >= 15 is 0 Å². The van der Waals surface area contributed by atoms with Gasteiger partial charge in [-0.15, -0.1) is 11.8 Å². The molecule has 98 valence electrons. The zero-order valence-electron chi connectivity index (χ0n) is 9.70. The van der Waals surface area contributed by atoms with Gasteiger partial charge in [0.25, 0.3) is 0 Å². The molecule has 0 heterocycles. The molecule has 0 saturated carbocycles. The van der Waals surface area contributed by atoms with E-state index in [2.05, 4.69) is 0 Å². The van der Waals surface area contributed by atoms with Gasteiger partial charge >= 0.3 is 0 Å². The lowest BCUT2D eigenvalue weighted by Gasteiger charge is -2.03. The van der Waals surface area contributed by atoms with Gasteiger partial charge in [-0.1, -0.05) is 23.2 Å². The molecule has 0 radical (unpaired) electrons. The van der Waals surface area contributed by atoms with E-state index in [-0.39, 0.29) is 17.4 Å². The Morgan fingerprint density at radius 3 is 2.37 bits per heavy atom. The van der Waals surface area contributed by atoms with Crippen LogP contribution in [-0.4, -0.2) is 11.5 Å². The second-order valence-corrected chi connectivity index (χ2v) is 5.66. The van der Waals surface area contributed by atoms with Gasteiger partial charge in [-0.3, -0.25) is 4.79 Å². The van der Waals surface area contributed by atoms with E-state index in [0.717, 1.165) is 4.90 Å². The van der Waals surface area contributed by atoms with Crippen LogP contribution in [0, 0.1) is 5.82 Å². The van der Waals surface area contributed by atoms with Gasteiger partial charge in [-0.2, -0.15) is 0 Å². The number of ketones is 1. The van der Waals surface area contributed by atoms with Crippen LogP contribution >= 0.6 is 35.0 Å². The molecule has 1 nitrogen and oxygen atoms in total. The van der Waals surface area contributed by atoms with Crippen LogP contribution in [0.2, 0.25) is 10.0 Å². The summed E-state index contributed by atoms with van der Waals surface area (Å²) >= 11 is 13.1. The average molecular weight is 315 g/mol. The van der Waals surface area contributed by atoms with E-state index in [1.807, 2.05) is 0 Å². The summed E-state index contributed by atoms with van der Waals surface area (Å²) in [7, 11) is 0. The molecule has 0 amide bonds. The van der Waals surface area contributed by atoms with Crippen molar-refractivity contribution in [1.82, 2.24) is 0 Å². The molecule has 2 aromatic carbocycles. The van der Waals surface area contributed by atoms with E-state index in [0.29, 0.717) is 15.6 Å². The Morgan fingerprint density at radius 2 is 1.74 bits per heavy atom. The lowest BCUT2D eigenvalue weighted by atomic mass is 10.1. The fourth-order valence-corrected chi connectivity index (χ4v) is 2.63. The highest BCUT2D eigenvalue weighted by molar-refractivity contribution is 8.00. The van der Waals surface area contributed by atoms with Crippen LogP contribution in [-0.2, 0) is 0 Å². The minimum absolute atomic E-state index is 0.0592. The van der Waals surface area contributed by atoms with Gasteiger partial charge in [0.05, 0.1) is 15.8 Å². The molecule has 0 saturated heterocycles. The first kappa shape index (κ1) is 14.4. The molecule has 0 unspecified atom stereocenters. The Hall–Kier alpha value is -1.03. The molecule has 0 N–H and O–H groups in total. The highest BCUT2D eigenvalue weighted by Gasteiger charge is 2.07. The molecule has 0 atom stereocenters. The highest BCUT2D eigenvalue weighted by atomic mass is 35.5. The lowest BCUT2D eigenvalue weighted by Crippen LogP contribution is -2.02. The summed E-state index contributed by atoms with van der Waals surface area (Å²) in [5, 5.41) is 0.941. The first-order valence-corrected chi connectivity index (χ1v) is 7.17.